The Morgan fingerprint density at radius 1 is 1.32 bits per heavy atom. The summed E-state index contributed by atoms with van der Waals surface area (Å²) in [5.41, 5.74) is -0.103. The number of amides is 1. The molecule has 0 atom stereocenters. The molecule has 0 bridgehead atoms. The molecule has 2 aromatic rings. The second-order valence-electron chi connectivity index (χ2n) is 4.30. The minimum absolute atomic E-state index is 0.135. The highest BCUT2D eigenvalue weighted by atomic mass is 16.2. The first-order valence-electron chi connectivity index (χ1n) is 5.78. The van der Waals surface area contributed by atoms with Gasteiger partial charge in [0, 0.05) is 34.1 Å². The summed E-state index contributed by atoms with van der Waals surface area (Å²) < 4.78 is 4.00. The van der Waals surface area contributed by atoms with Crippen LogP contribution in [0.3, 0.4) is 0 Å². The van der Waals surface area contributed by atoms with E-state index < -0.39 is 11.2 Å². The van der Waals surface area contributed by atoms with Crippen LogP contribution in [0.1, 0.15) is 6.92 Å². The summed E-state index contributed by atoms with van der Waals surface area (Å²) >= 11 is 0. The number of aryl methyl sites for hydroxylation is 1. The largest absolute Gasteiger partial charge is 0.355 e. The molecule has 0 saturated heterocycles. The van der Waals surface area contributed by atoms with Crippen LogP contribution >= 0.6 is 0 Å². The molecule has 1 N–H and O–H groups in total. The molecular formula is C11H15N5O3. The van der Waals surface area contributed by atoms with Crippen LogP contribution in [-0.2, 0) is 25.4 Å². The van der Waals surface area contributed by atoms with E-state index in [0.29, 0.717) is 24.3 Å². The minimum Gasteiger partial charge on any atom is -0.355 e. The molecule has 2 heterocycles. The van der Waals surface area contributed by atoms with Gasteiger partial charge in [0.1, 0.15) is 0 Å². The number of rotatable bonds is 3. The Balaban J connectivity index is 2.51. The van der Waals surface area contributed by atoms with Crippen molar-refractivity contribution in [2.24, 2.45) is 14.1 Å². The monoisotopic (exact) mass is 265 g/mol. The van der Waals surface area contributed by atoms with Gasteiger partial charge in [-0.25, -0.2) is 9.78 Å². The summed E-state index contributed by atoms with van der Waals surface area (Å²) in [7, 11) is 2.99. The van der Waals surface area contributed by atoms with Crippen LogP contribution in [0.25, 0.3) is 11.2 Å². The van der Waals surface area contributed by atoms with Crippen molar-refractivity contribution in [3.05, 3.63) is 27.2 Å². The van der Waals surface area contributed by atoms with Crippen LogP contribution < -0.4 is 16.6 Å². The fourth-order valence-electron chi connectivity index (χ4n) is 1.92. The molecule has 0 aliphatic heterocycles. The highest BCUT2D eigenvalue weighted by molar-refractivity contribution is 5.73. The highest BCUT2D eigenvalue weighted by Crippen LogP contribution is 2.04. The van der Waals surface area contributed by atoms with Gasteiger partial charge < -0.3 is 9.88 Å². The maximum Gasteiger partial charge on any atom is 0.332 e. The molecule has 102 valence electrons. The number of hydrogen-bond donors (Lipinski definition) is 1. The van der Waals surface area contributed by atoms with Gasteiger partial charge in [-0.05, 0) is 0 Å². The van der Waals surface area contributed by atoms with E-state index in [2.05, 4.69) is 10.3 Å². The van der Waals surface area contributed by atoms with Crippen LogP contribution in [0.2, 0.25) is 0 Å². The van der Waals surface area contributed by atoms with Gasteiger partial charge in [0.2, 0.25) is 5.91 Å². The Morgan fingerprint density at radius 2 is 2.00 bits per heavy atom. The molecule has 0 radical (unpaired) electrons. The number of nitrogens with zero attached hydrogens (tertiary/aromatic N) is 4. The van der Waals surface area contributed by atoms with Crippen molar-refractivity contribution in [2.45, 2.75) is 13.5 Å². The first kappa shape index (κ1) is 13.1. The fraction of sp³-hybridized carbons (Fsp3) is 0.455. The van der Waals surface area contributed by atoms with Crippen molar-refractivity contribution in [2.75, 3.05) is 6.54 Å². The zero-order valence-corrected chi connectivity index (χ0v) is 11.0. The number of hydrogen-bond acceptors (Lipinski definition) is 4. The molecule has 2 rings (SSSR count). The average molecular weight is 265 g/mol. The smallest absolute Gasteiger partial charge is 0.332 e. The minimum atomic E-state index is -0.412. The van der Waals surface area contributed by atoms with E-state index in [-0.39, 0.29) is 5.91 Å². The van der Waals surface area contributed by atoms with Crippen molar-refractivity contribution in [3.63, 3.8) is 0 Å². The Labute approximate surface area is 108 Å². The lowest BCUT2D eigenvalue weighted by Crippen LogP contribution is -2.37. The standard InChI is InChI=1S/C11H15N5O3/c1-7(17)12-4-5-16-6-13-9-8(16)10(18)15(3)11(19)14(9)2/h6H,4-5H2,1-3H3,(H,12,17). The fourth-order valence-corrected chi connectivity index (χ4v) is 1.92. The molecular weight excluding hydrogens is 250 g/mol. The first-order valence-corrected chi connectivity index (χ1v) is 5.78. The Bertz CT molecular complexity index is 752. The zero-order valence-electron chi connectivity index (χ0n) is 11.0. The second-order valence-corrected chi connectivity index (χ2v) is 4.30. The molecule has 0 saturated carbocycles. The maximum absolute atomic E-state index is 12.1. The molecule has 0 unspecified atom stereocenters. The lowest BCUT2D eigenvalue weighted by atomic mass is 10.4. The van der Waals surface area contributed by atoms with Crippen molar-refractivity contribution >= 4 is 17.1 Å². The molecule has 8 nitrogen and oxygen atoms in total. The SMILES string of the molecule is CC(=O)NCCn1cnc2c1c(=O)n(C)c(=O)n2C. The van der Waals surface area contributed by atoms with Gasteiger partial charge in [0.25, 0.3) is 5.56 Å². The molecule has 0 aliphatic carbocycles. The summed E-state index contributed by atoms with van der Waals surface area (Å²) in [6.45, 7) is 2.24. The first-order chi connectivity index (χ1) is 8.93. The van der Waals surface area contributed by atoms with Gasteiger partial charge in [-0.2, -0.15) is 0 Å². The van der Waals surface area contributed by atoms with Crippen molar-refractivity contribution in [1.82, 2.24) is 24.0 Å². The summed E-state index contributed by atoms with van der Waals surface area (Å²) in [6.07, 6.45) is 1.49. The Hall–Kier alpha value is -2.38. The van der Waals surface area contributed by atoms with Crippen molar-refractivity contribution in [1.29, 1.82) is 0 Å². The molecule has 0 aliphatic rings. The van der Waals surface area contributed by atoms with Crippen LogP contribution in [0, 0.1) is 0 Å². The lowest BCUT2D eigenvalue weighted by Gasteiger charge is -2.06. The number of carbonyl (C=O) groups is 1. The highest BCUT2D eigenvalue weighted by Gasteiger charge is 2.13. The van der Waals surface area contributed by atoms with E-state index in [4.69, 9.17) is 0 Å². The number of nitrogens with one attached hydrogen (secondary N) is 1. The summed E-state index contributed by atoms with van der Waals surface area (Å²) in [5.74, 6) is -0.135. The van der Waals surface area contributed by atoms with Crippen LogP contribution in [0.5, 0.6) is 0 Å². The van der Waals surface area contributed by atoms with E-state index in [0.717, 1.165) is 4.57 Å². The number of imidazole rings is 1. The lowest BCUT2D eigenvalue weighted by molar-refractivity contribution is -0.118. The molecule has 0 aromatic carbocycles. The maximum atomic E-state index is 12.1. The predicted molar refractivity (Wildman–Crippen MR) is 68.9 cm³/mol. The Morgan fingerprint density at radius 3 is 2.63 bits per heavy atom. The van der Waals surface area contributed by atoms with E-state index in [9.17, 15) is 14.4 Å². The van der Waals surface area contributed by atoms with Gasteiger partial charge in [0.15, 0.2) is 11.2 Å². The van der Waals surface area contributed by atoms with E-state index in [1.807, 2.05) is 0 Å². The summed E-state index contributed by atoms with van der Waals surface area (Å²) in [5, 5.41) is 2.64. The van der Waals surface area contributed by atoms with Crippen molar-refractivity contribution in [3.8, 4) is 0 Å². The van der Waals surface area contributed by atoms with E-state index in [1.54, 1.807) is 11.6 Å². The quantitative estimate of drug-likeness (QED) is 0.736. The van der Waals surface area contributed by atoms with Crippen LogP contribution in [0.15, 0.2) is 15.9 Å². The molecule has 19 heavy (non-hydrogen) atoms. The molecule has 8 heteroatoms. The van der Waals surface area contributed by atoms with Gasteiger partial charge >= 0.3 is 5.69 Å². The molecule has 0 spiro atoms. The molecule has 1 amide bonds. The van der Waals surface area contributed by atoms with Crippen LogP contribution in [-0.4, -0.2) is 31.1 Å². The third-order valence-electron chi connectivity index (χ3n) is 2.94. The molecule has 2 aromatic heterocycles. The summed E-state index contributed by atoms with van der Waals surface area (Å²) in [6, 6.07) is 0. The van der Waals surface area contributed by atoms with Crippen LogP contribution in [0.4, 0.5) is 0 Å². The Kier molecular flexibility index (Phi) is 3.24. The average Bonchev–Trinajstić information content (AvgIpc) is 2.77. The third-order valence-corrected chi connectivity index (χ3v) is 2.94. The topological polar surface area (TPSA) is 90.9 Å². The van der Waals surface area contributed by atoms with Gasteiger partial charge in [0.05, 0.1) is 6.33 Å². The molecule has 0 fully saturated rings. The van der Waals surface area contributed by atoms with Crippen molar-refractivity contribution < 1.29 is 4.79 Å². The van der Waals surface area contributed by atoms with Gasteiger partial charge in [-0.1, -0.05) is 0 Å². The van der Waals surface area contributed by atoms with Gasteiger partial charge in [-0.3, -0.25) is 18.7 Å². The number of carbonyl (C=O) groups excluding carboxylic acids is 1. The van der Waals surface area contributed by atoms with Gasteiger partial charge in [-0.15, -0.1) is 0 Å². The van der Waals surface area contributed by atoms with E-state index >= 15 is 0 Å². The zero-order chi connectivity index (χ0) is 14.2. The number of fused-ring (bicyclic) bond motifs is 1. The van der Waals surface area contributed by atoms with E-state index in [1.165, 1.54) is 24.9 Å². The third kappa shape index (κ3) is 2.16. The summed E-state index contributed by atoms with van der Waals surface area (Å²) in [4.78, 5) is 38.7. The predicted octanol–water partition coefficient (Wildman–Crippen LogP) is -1.43. The number of aromatic nitrogens is 4. The normalized spacial score (nSPS) is 10.9. The second kappa shape index (κ2) is 4.71.